The number of carboxylic acid groups (broad SMARTS) is 1. The molecule has 1 spiro atoms. The molecule has 2 fully saturated rings. The van der Waals surface area contributed by atoms with E-state index >= 15 is 0 Å². The summed E-state index contributed by atoms with van der Waals surface area (Å²) in [5.74, 6) is -3.62. The predicted octanol–water partition coefficient (Wildman–Crippen LogP) is 5.83. The van der Waals surface area contributed by atoms with Gasteiger partial charge in [-0.1, -0.05) is 52.7 Å². The topological polar surface area (TPSA) is 118 Å². The molecule has 1 saturated heterocycles. The van der Waals surface area contributed by atoms with E-state index in [1.165, 1.54) is 0 Å². The van der Waals surface area contributed by atoms with E-state index in [1.54, 1.807) is 20.8 Å². The number of carboxylic acids is 1. The van der Waals surface area contributed by atoms with Crippen LogP contribution in [0, 0.1) is 34.0 Å². The molecule has 6 atom stereocenters. The van der Waals surface area contributed by atoms with E-state index in [-0.39, 0.29) is 35.9 Å². The maximum absolute atomic E-state index is 15.0. The van der Waals surface area contributed by atoms with Crippen molar-refractivity contribution in [2.75, 3.05) is 0 Å². The van der Waals surface area contributed by atoms with Gasteiger partial charge in [0.15, 0.2) is 22.8 Å². The zero-order valence-corrected chi connectivity index (χ0v) is 25.3. The molecule has 1 heterocycles. The highest BCUT2D eigenvalue weighted by atomic mass is 16.5. The zero-order valence-electron chi connectivity index (χ0n) is 25.3. The van der Waals surface area contributed by atoms with Crippen molar-refractivity contribution in [2.45, 2.75) is 119 Å². The minimum Gasteiger partial charge on any atom is -0.490 e. The Morgan fingerprint density at radius 1 is 1.15 bits per heavy atom. The van der Waals surface area contributed by atoms with Gasteiger partial charge in [0.1, 0.15) is 11.9 Å². The number of ketones is 3. The van der Waals surface area contributed by atoms with Crippen LogP contribution >= 0.6 is 0 Å². The van der Waals surface area contributed by atoms with Crippen LogP contribution in [0.4, 0.5) is 0 Å². The van der Waals surface area contributed by atoms with E-state index in [2.05, 4.69) is 6.08 Å². The zero-order chi connectivity index (χ0) is 29.7. The van der Waals surface area contributed by atoms with Gasteiger partial charge in [0.05, 0.1) is 17.4 Å². The first-order valence-electron chi connectivity index (χ1n) is 14.6. The average molecular weight is 545 g/mol. The fourth-order valence-corrected chi connectivity index (χ4v) is 7.35. The minimum atomic E-state index is -1.94. The molecule has 2 aliphatic carbocycles. The van der Waals surface area contributed by atoms with E-state index < -0.39 is 57.3 Å². The van der Waals surface area contributed by atoms with Crippen LogP contribution in [0.25, 0.3) is 0 Å². The number of fused-ring (bicyclic) bond motifs is 1. The quantitative estimate of drug-likeness (QED) is 0.248. The van der Waals surface area contributed by atoms with Crippen molar-refractivity contribution >= 4 is 23.3 Å². The smallest absolute Gasteiger partial charge is 0.303 e. The first-order chi connectivity index (χ1) is 17.9. The number of allylic oxidation sites excluding steroid dienone is 4. The first kappa shape index (κ1) is 31.3. The first-order valence-corrected chi connectivity index (χ1v) is 14.6. The normalized spacial score (nSPS) is 31.3. The van der Waals surface area contributed by atoms with Gasteiger partial charge in [0, 0.05) is 23.8 Å². The number of rotatable bonds is 11. The van der Waals surface area contributed by atoms with Crippen LogP contribution < -0.4 is 0 Å². The van der Waals surface area contributed by atoms with Crippen LogP contribution in [0.5, 0.6) is 0 Å². The van der Waals surface area contributed by atoms with Crippen LogP contribution in [0.2, 0.25) is 0 Å². The van der Waals surface area contributed by atoms with E-state index in [9.17, 15) is 29.4 Å². The molecule has 218 valence electrons. The third kappa shape index (κ3) is 4.72. The molecule has 2 N–H and O–H groups in total. The molecule has 7 nitrogen and oxygen atoms in total. The summed E-state index contributed by atoms with van der Waals surface area (Å²) >= 11 is 0. The van der Waals surface area contributed by atoms with Gasteiger partial charge >= 0.3 is 5.97 Å². The fourth-order valence-electron chi connectivity index (χ4n) is 7.35. The number of Topliss-reactive ketones (excluding diaryl/α,β-unsaturated/α-hetero) is 3. The van der Waals surface area contributed by atoms with Crippen molar-refractivity contribution in [3.63, 3.8) is 0 Å². The Hall–Kier alpha value is -2.28. The predicted molar refractivity (Wildman–Crippen MR) is 149 cm³/mol. The third-order valence-corrected chi connectivity index (χ3v) is 9.91. The Labute approximate surface area is 233 Å². The summed E-state index contributed by atoms with van der Waals surface area (Å²) < 4.78 is 6.39. The summed E-state index contributed by atoms with van der Waals surface area (Å²) in [5, 5.41) is 20.8. The largest absolute Gasteiger partial charge is 0.490 e. The molecule has 0 aromatic heterocycles. The summed E-state index contributed by atoms with van der Waals surface area (Å²) in [7, 11) is 0. The molecule has 0 unspecified atom stereocenters. The standard InChI is InChI=1S/C32H48O7/c1-10-12-20(15-23(33)34)24-26(36)32(25(35)19(5)11-2)28(37)31(17-22(30(8,9)38)39-27(24)31)16-21(29(32,6)7)14-13-18(3)4/h13,19-22,38H,10-12,14-17H2,1-9H3,(H,33,34)/t19-,20+,21+,22+,31+,32+/m1/s1. The Morgan fingerprint density at radius 2 is 1.77 bits per heavy atom. The highest BCUT2D eigenvalue weighted by molar-refractivity contribution is 6.33. The fraction of sp³-hybridized carbons (Fsp3) is 0.750. The Morgan fingerprint density at radius 3 is 2.26 bits per heavy atom. The van der Waals surface area contributed by atoms with Crippen molar-refractivity contribution in [3.8, 4) is 0 Å². The van der Waals surface area contributed by atoms with Crippen molar-refractivity contribution < 1.29 is 34.1 Å². The summed E-state index contributed by atoms with van der Waals surface area (Å²) in [5.41, 5.74) is -4.23. The SMILES string of the molecule is CCC[C@@H](CC(=O)O)C1=C2O[C@H](C(C)(C)O)C[C@@]23C[C@H](CC=C(C)C)C(C)(C)[C@@](C(=O)[C@H](C)CC)(C1=O)C3=O. The van der Waals surface area contributed by atoms with Crippen LogP contribution in [0.15, 0.2) is 23.0 Å². The molecule has 3 rings (SSSR count). The van der Waals surface area contributed by atoms with Crippen LogP contribution in [-0.2, 0) is 23.9 Å². The number of aliphatic carboxylic acids is 1. The molecule has 1 aliphatic heterocycles. The van der Waals surface area contributed by atoms with Crippen molar-refractivity contribution in [2.24, 2.45) is 34.0 Å². The molecule has 3 aliphatic rings. The Bertz CT molecular complexity index is 1100. The molecule has 1 saturated carbocycles. The summed E-state index contributed by atoms with van der Waals surface area (Å²) in [6.07, 6.45) is 3.66. The highest BCUT2D eigenvalue weighted by Crippen LogP contribution is 2.69. The average Bonchev–Trinajstić information content (AvgIpc) is 3.20. The van der Waals surface area contributed by atoms with Gasteiger partial charge in [0.2, 0.25) is 0 Å². The molecule has 0 aromatic carbocycles. The number of hydrogen-bond acceptors (Lipinski definition) is 6. The Kier molecular flexibility index (Phi) is 8.50. The van der Waals surface area contributed by atoms with Crippen molar-refractivity contribution in [1.82, 2.24) is 0 Å². The number of carbonyl (C=O) groups is 4. The second-order valence-electron chi connectivity index (χ2n) is 13.6. The van der Waals surface area contributed by atoms with E-state index in [1.807, 2.05) is 41.5 Å². The lowest BCUT2D eigenvalue weighted by Crippen LogP contribution is -2.70. The van der Waals surface area contributed by atoms with Gasteiger partial charge in [-0.3, -0.25) is 19.2 Å². The lowest BCUT2D eigenvalue weighted by molar-refractivity contribution is -0.176. The van der Waals surface area contributed by atoms with Crippen LogP contribution in [0.1, 0.15) is 107 Å². The molecular formula is C32H48O7. The minimum absolute atomic E-state index is 0.157. The summed E-state index contributed by atoms with van der Waals surface area (Å²) in [6, 6.07) is 0. The van der Waals surface area contributed by atoms with Crippen LogP contribution in [0.3, 0.4) is 0 Å². The molecule has 0 aromatic rings. The second kappa shape index (κ2) is 10.6. The molecule has 39 heavy (non-hydrogen) atoms. The lowest BCUT2D eigenvalue weighted by Gasteiger charge is -2.59. The van der Waals surface area contributed by atoms with Gasteiger partial charge in [-0.2, -0.15) is 0 Å². The Balaban J connectivity index is 2.47. The highest BCUT2D eigenvalue weighted by Gasteiger charge is 2.77. The molecule has 2 bridgehead atoms. The number of aliphatic hydroxyl groups is 1. The third-order valence-electron chi connectivity index (χ3n) is 9.91. The summed E-state index contributed by atoms with van der Waals surface area (Å²) in [6.45, 7) is 16.5. The molecule has 7 heteroatoms. The van der Waals surface area contributed by atoms with E-state index in [0.717, 1.165) is 5.57 Å². The number of carbonyl (C=O) groups excluding carboxylic acids is 3. The monoisotopic (exact) mass is 544 g/mol. The maximum Gasteiger partial charge on any atom is 0.303 e. The lowest BCUT2D eigenvalue weighted by atomic mass is 9.39. The summed E-state index contributed by atoms with van der Waals surface area (Å²) in [4.78, 5) is 56.4. The molecule has 0 amide bonds. The second-order valence-corrected chi connectivity index (χ2v) is 13.6. The van der Waals surface area contributed by atoms with Crippen LogP contribution in [-0.4, -0.2) is 45.2 Å². The van der Waals surface area contributed by atoms with Crippen molar-refractivity contribution in [3.05, 3.63) is 23.0 Å². The van der Waals surface area contributed by atoms with Crippen molar-refractivity contribution in [1.29, 1.82) is 0 Å². The van der Waals surface area contributed by atoms with Gasteiger partial charge in [-0.05, 0) is 64.7 Å². The number of ether oxygens (including phenoxy) is 1. The maximum atomic E-state index is 15.0. The van der Waals surface area contributed by atoms with Gasteiger partial charge in [0.25, 0.3) is 0 Å². The van der Waals surface area contributed by atoms with Gasteiger partial charge < -0.3 is 14.9 Å². The molecule has 0 radical (unpaired) electrons. The number of hydrogen-bond donors (Lipinski definition) is 2. The van der Waals surface area contributed by atoms with Gasteiger partial charge in [-0.25, -0.2) is 0 Å². The van der Waals surface area contributed by atoms with E-state index in [0.29, 0.717) is 32.1 Å². The van der Waals surface area contributed by atoms with Gasteiger partial charge in [-0.15, -0.1) is 0 Å². The molecular weight excluding hydrogens is 496 g/mol. The van der Waals surface area contributed by atoms with E-state index in [4.69, 9.17) is 4.74 Å².